The first-order valence-corrected chi connectivity index (χ1v) is 15.8. The van der Waals surface area contributed by atoms with Crippen molar-refractivity contribution < 1.29 is 41.3 Å². The fraction of sp³-hybridized carbons (Fsp3) is 0.333. The van der Waals surface area contributed by atoms with Gasteiger partial charge in [-0.05, 0) is 51.3 Å². The Bertz CT molecular complexity index is 1400. The summed E-state index contributed by atoms with van der Waals surface area (Å²) < 4.78 is 55.3. The van der Waals surface area contributed by atoms with Crippen LogP contribution >= 0.6 is 15.4 Å². The van der Waals surface area contributed by atoms with Crippen LogP contribution in [-0.2, 0) is 31.7 Å². The van der Waals surface area contributed by atoms with E-state index in [1.165, 1.54) is 12.1 Å². The van der Waals surface area contributed by atoms with Gasteiger partial charge in [0.15, 0.2) is 5.85 Å². The molecule has 2 amide bonds. The molecule has 3 aromatic carbocycles. The van der Waals surface area contributed by atoms with Gasteiger partial charge in [-0.15, -0.1) is 0 Å². The van der Waals surface area contributed by atoms with E-state index in [1.54, 1.807) is 64.1 Å². The molecule has 0 N–H and O–H groups in total. The second kappa shape index (κ2) is 12.2. The summed E-state index contributed by atoms with van der Waals surface area (Å²) in [6, 6.07) is 16.7. The molecule has 1 unspecified atom stereocenters. The molecule has 12 heteroatoms. The Labute approximate surface area is 227 Å². The molecule has 1 atom stereocenters. The number of anilines is 1. The first-order chi connectivity index (χ1) is 18.7. The van der Waals surface area contributed by atoms with Gasteiger partial charge < -0.3 is 9.05 Å². The number of benzene rings is 3. The SMILES string of the molecule is CCOP(=O)(OCC)OC(c1ccccc1N1C(=O)c2cccc3cccc(c23)C1=O)P(=O)(OCC)OCC. The molecule has 0 aliphatic carbocycles. The third-order valence-corrected chi connectivity index (χ3v) is 9.90. The van der Waals surface area contributed by atoms with Gasteiger partial charge in [0.25, 0.3) is 11.8 Å². The molecule has 0 spiro atoms. The van der Waals surface area contributed by atoms with Gasteiger partial charge in [0.1, 0.15) is 0 Å². The van der Waals surface area contributed by atoms with Crippen molar-refractivity contribution in [2.75, 3.05) is 31.3 Å². The van der Waals surface area contributed by atoms with Crippen molar-refractivity contribution in [2.45, 2.75) is 33.5 Å². The van der Waals surface area contributed by atoms with Crippen molar-refractivity contribution in [3.05, 3.63) is 77.4 Å². The zero-order chi connectivity index (χ0) is 28.2. The van der Waals surface area contributed by atoms with E-state index in [0.717, 1.165) is 10.3 Å². The van der Waals surface area contributed by atoms with Crippen LogP contribution in [0.1, 0.15) is 59.8 Å². The Morgan fingerprint density at radius 3 is 1.72 bits per heavy atom. The average molecular weight is 575 g/mol. The van der Waals surface area contributed by atoms with E-state index >= 15 is 0 Å². The lowest BCUT2D eigenvalue weighted by molar-refractivity contribution is 0.0878. The van der Waals surface area contributed by atoms with Gasteiger partial charge in [-0.2, -0.15) is 0 Å². The van der Waals surface area contributed by atoms with Crippen LogP contribution in [-0.4, -0.2) is 38.2 Å². The smallest absolute Gasteiger partial charge is 0.307 e. The van der Waals surface area contributed by atoms with Crippen LogP contribution in [0.5, 0.6) is 0 Å². The van der Waals surface area contributed by atoms with Crippen molar-refractivity contribution in [1.82, 2.24) is 0 Å². The summed E-state index contributed by atoms with van der Waals surface area (Å²) in [5, 5.41) is 1.32. The normalized spacial score (nSPS) is 14.7. The third-order valence-electron chi connectivity index (χ3n) is 5.92. The van der Waals surface area contributed by atoms with Gasteiger partial charge in [-0.3, -0.25) is 27.7 Å². The van der Waals surface area contributed by atoms with Gasteiger partial charge in [0.2, 0.25) is 0 Å². The van der Waals surface area contributed by atoms with Crippen molar-refractivity contribution in [2.24, 2.45) is 0 Å². The maximum atomic E-state index is 14.2. The topological polar surface area (TPSA) is 118 Å². The number of carbonyl (C=O) groups excluding carboxylic acids is 2. The van der Waals surface area contributed by atoms with Crippen LogP contribution in [0.25, 0.3) is 10.8 Å². The van der Waals surface area contributed by atoms with E-state index in [4.69, 9.17) is 22.6 Å². The number of hydrogen-bond acceptors (Lipinski definition) is 9. The molecule has 208 valence electrons. The molecule has 4 rings (SSSR count). The van der Waals surface area contributed by atoms with Gasteiger partial charge in [0, 0.05) is 22.1 Å². The van der Waals surface area contributed by atoms with Crippen molar-refractivity contribution in [3.63, 3.8) is 0 Å². The van der Waals surface area contributed by atoms with E-state index in [9.17, 15) is 18.7 Å². The second-order valence-electron chi connectivity index (χ2n) is 8.33. The highest BCUT2D eigenvalue weighted by Gasteiger charge is 2.47. The Kier molecular flexibility index (Phi) is 9.19. The van der Waals surface area contributed by atoms with E-state index in [2.05, 4.69) is 0 Å². The molecule has 0 fully saturated rings. The zero-order valence-corrected chi connectivity index (χ0v) is 24.0. The van der Waals surface area contributed by atoms with Crippen LogP contribution in [0.15, 0.2) is 60.7 Å². The van der Waals surface area contributed by atoms with Crippen LogP contribution in [0.4, 0.5) is 5.69 Å². The first kappa shape index (κ1) is 29.3. The summed E-state index contributed by atoms with van der Waals surface area (Å²) in [7, 11) is -8.51. The lowest BCUT2D eigenvalue weighted by Crippen LogP contribution is -2.41. The minimum Gasteiger partial charge on any atom is -0.307 e. The molecule has 0 bridgehead atoms. The molecule has 1 heterocycles. The first-order valence-electron chi connectivity index (χ1n) is 12.7. The maximum absolute atomic E-state index is 14.2. The lowest BCUT2D eigenvalue weighted by atomic mass is 9.93. The fourth-order valence-electron chi connectivity index (χ4n) is 4.50. The Balaban J connectivity index is 1.92. The van der Waals surface area contributed by atoms with Gasteiger partial charge in [-0.1, -0.05) is 42.5 Å². The molecule has 0 saturated carbocycles. The Hall–Kier alpha value is -2.68. The summed E-state index contributed by atoms with van der Waals surface area (Å²) in [4.78, 5) is 28.6. The Morgan fingerprint density at radius 2 is 1.21 bits per heavy atom. The van der Waals surface area contributed by atoms with Gasteiger partial charge in [0.05, 0.1) is 32.1 Å². The van der Waals surface area contributed by atoms with Crippen LogP contribution in [0.3, 0.4) is 0 Å². The summed E-state index contributed by atoms with van der Waals surface area (Å²) in [6.45, 7) is 6.35. The summed E-state index contributed by atoms with van der Waals surface area (Å²) in [5.41, 5.74) is 0.822. The predicted molar refractivity (Wildman–Crippen MR) is 147 cm³/mol. The van der Waals surface area contributed by atoms with E-state index in [-0.39, 0.29) is 37.7 Å². The van der Waals surface area contributed by atoms with Gasteiger partial charge >= 0.3 is 15.4 Å². The second-order valence-corrected chi connectivity index (χ2v) is 12.0. The van der Waals surface area contributed by atoms with Crippen molar-refractivity contribution >= 4 is 43.7 Å². The molecule has 0 saturated heterocycles. The molecular formula is C27H31NO9P2. The van der Waals surface area contributed by atoms with Crippen LogP contribution in [0.2, 0.25) is 0 Å². The monoisotopic (exact) mass is 575 g/mol. The van der Waals surface area contributed by atoms with E-state index < -0.39 is 33.1 Å². The maximum Gasteiger partial charge on any atom is 0.475 e. The molecule has 1 aliphatic heterocycles. The number of imide groups is 1. The fourth-order valence-corrected chi connectivity index (χ4v) is 8.12. The summed E-state index contributed by atoms with van der Waals surface area (Å²) in [6.07, 6.45) is 0. The van der Waals surface area contributed by atoms with Crippen molar-refractivity contribution in [1.29, 1.82) is 0 Å². The molecule has 1 aliphatic rings. The molecule has 0 aromatic heterocycles. The standard InChI is InChI=1S/C27H31NO9P2/c1-5-33-38(31,34-6-2)27(37-39(32,35-7-3)36-8-4)20-15-9-10-18-23(20)28-25(29)21-16-11-13-19-14-12-17-22(24(19)21)26(28)30/h9-18,27H,5-8H2,1-4H3. The quantitative estimate of drug-likeness (QED) is 0.155. The number of carbonyl (C=O) groups is 2. The van der Waals surface area contributed by atoms with Crippen molar-refractivity contribution in [3.8, 4) is 0 Å². The lowest BCUT2D eigenvalue weighted by Gasteiger charge is -2.33. The molecular weight excluding hydrogens is 544 g/mol. The summed E-state index contributed by atoms with van der Waals surface area (Å²) in [5.74, 6) is -2.81. The number of hydrogen-bond donors (Lipinski definition) is 0. The number of amides is 2. The molecule has 0 radical (unpaired) electrons. The van der Waals surface area contributed by atoms with E-state index in [1.807, 2.05) is 12.1 Å². The highest BCUT2D eigenvalue weighted by molar-refractivity contribution is 7.55. The minimum absolute atomic E-state index is 0.0240. The summed E-state index contributed by atoms with van der Waals surface area (Å²) >= 11 is 0. The van der Waals surface area contributed by atoms with Gasteiger partial charge in [-0.25, -0.2) is 9.46 Å². The minimum atomic E-state index is -4.28. The average Bonchev–Trinajstić information content (AvgIpc) is 2.91. The molecule has 10 nitrogen and oxygen atoms in total. The van der Waals surface area contributed by atoms with Crippen LogP contribution in [0, 0.1) is 0 Å². The zero-order valence-electron chi connectivity index (χ0n) is 22.2. The number of phosphoric acid groups is 1. The predicted octanol–water partition coefficient (Wildman–Crippen LogP) is 7.10. The van der Waals surface area contributed by atoms with E-state index in [0.29, 0.717) is 16.5 Å². The Morgan fingerprint density at radius 1 is 0.692 bits per heavy atom. The number of para-hydroxylation sites is 1. The number of nitrogens with zero attached hydrogens (tertiary/aromatic N) is 1. The highest BCUT2D eigenvalue weighted by atomic mass is 31.2. The number of phosphoric ester groups is 1. The molecule has 39 heavy (non-hydrogen) atoms. The number of rotatable bonds is 13. The largest absolute Gasteiger partial charge is 0.475 e. The highest BCUT2D eigenvalue weighted by Crippen LogP contribution is 2.68. The van der Waals surface area contributed by atoms with Crippen LogP contribution < -0.4 is 4.90 Å². The molecule has 3 aromatic rings. The third kappa shape index (κ3) is 5.65.